The molecule has 0 radical (unpaired) electrons. The molecular weight excluding hydrogens is 350 g/mol. The topological polar surface area (TPSA) is 36.4 Å². The van der Waals surface area contributed by atoms with E-state index in [0.29, 0.717) is 18.8 Å². The largest absolute Gasteiger partial charge is 0.332 e. The molecule has 130 valence electrons. The van der Waals surface area contributed by atoms with Gasteiger partial charge in [-0.15, -0.1) is 11.3 Å². The Labute approximate surface area is 156 Å². The summed E-state index contributed by atoms with van der Waals surface area (Å²) in [5, 5.41) is 6.85. The third kappa shape index (κ3) is 4.75. The quantitative estimate of drug-likeness (QED) is 0.628. The maximum atomic E-state index is 13.0. The number of carbonyl (C=O) groups is 1. The minimum atomic E-state index is -0.0107. The van der Waals surface area contributed by atoms with E-state index in [0.717, 1.165) is 22.7 Å². The zero-order valence-corrected chi connectivity index (χ0v) is 16.0. The average Bonchev–Trinajstić information content (AvgIpc) is 3.29. The predicted molar refractivity (Wildman–Crippen MR) is 105 cm³/mol. The van der Waals surface area contributed by atoms with E-state index in [2.05, 4.69) is 15.3 Å². The second kappa shape index (κ2) is 8.38. The smallest absolute Gasteiger partial charge is 0.273 e. The van der Waals surface area contributed by atoms with E-state index in [9.17, 15) is 4.79 Å². The molecule has 0 aliphatic carbocycles. The molecule has 0 N–H and O–H groups in total. The van der Waals surface area contributed by atoms with Gasteiger partial charge in [0.1, 0.15) is 10.7 Å². The van der Waals surface area contributed by atoms with Crippen LogP contribution in [0, 0.1) is 0 Å². The minimum Gasteiger partial charge on any atom is -0.332 e. The summed E-state index contributed by atoms with van der Waals surface area (Å²) < 4.78 is 0. The molecule has 3 rings (SSSR count). The molecule has 3 aromatic rings. The molecule has 0 unspecified atom stereocenters. The Morgan fingerprint density at radius 2 is 1.88 bits per heavy atom. The van der Waals surface area contributed by atoms with Gasteiger partial charge in [-0.05, 0) is 31.1 Å². The van der Waals surface area contributed by atoms with E-state index < -0.39 is 0 Å². The molecule has 4 nitrogen and oxygen atoms in total. The number of aromatic nitrogens is 1. The van der Waals surface area contributed by atoms with Crippen molar-refractivity contribution in [3.63, 3.8) is 0 Å². The fourth-order valence-corrected chi connectivity index (χ4v) is 3.94. The van der Waals surface area contributed by atoms with Crippen LogP contribution in [-0.2, 0) is 6.54 Å². The number of carbonyl (C=O) groups excluding carboxylic acids is 1. The van der Waals surface area contributed by atoms with Crippen LogP contribution < -0.4 is 0 Å². The van der Waals surface area contributed by atoms with Gasteiger partial charge in [-0.2, -0.15) is 11.3 Å². The van der Waals surface area contributed by atoms with E-state index in [1.54, 1.807) is 11.3 Å². The second-order valence-electron chi connectivity index (χ2n) is 6.07. The van der Waals surface area contributed by atoms with Crippen molar-refractivity contribution in [3.05, 3.63) is 63.8 Å². The number of amides is 1. The lowest BCUT2D eigenvalue weighted by molar-refractivity contribution is 0.0727. The lowest BCUT2D eigenvalue weighted by Gasteiger charge is -2.24. The highest BCUT2D eigenvalue weighted by atomic mass is 32.1. The third-order valence-electron chi connectivity index (χ3n) is 3.81. The van der Waals surface area contributed by atoms with Crippen molar-refractivity contribution in [1.82, 2.24) is 14.8 Å². The lowest BCUT2D eigenvalue weighted by Crippen LogP contribution is -2.36. The molecule has 1 aromatic carbocycles. The lowest BCUT2D eigenvalue weighted by atomic mass is 10.2. The summed E-state index contributed by atoms with van der Waals surface area (Å²) in [6.45, 7) is 2.09. The highest BCUT2D eigenvalue weighted by Crippen LogP contribution is 2.26. The van der Waals surface area contributed by atoms with Crippen LogP contribution >= 0.6 is 22.7 Å². The van der Waals surface area contributed by atoms with Gasteiger partial charge < -0.3 is 9.80 Å². The van der Waals surface area contributed by atoms with Crippen molar-refractivity contribution >= 4 is 28.6 Å². The van der Waals surface area contributed by atoms with Crippen LogP contribution in [0.2, 0.25) is 0 Å². The van der Waals surface area contributed by atoms with Crippen molar-refractivity contribution in [2.45, 2.75) is 6.54 Å². The van der Waals surface area contributed by atoms with Crippen molar-refractivity contribution in [2.75, 3.05) is 27.2 Å². The Hall–Kier alpha value is -2.02. The van der Waals surface area contributed by atoms with Gasteiger partial charge in [-0.3, -0.25) is 4.79 Å². The molecule has 0 fully saturated rings. The summed E-state index contributed by atoms with van der Waals surface area (Å²) in [5.41, 5.74) is 2.74. The number of hydrogen-bond donors (Lipinski definition) is 0. The van der Waals surface area contributed by atoms with Crippen molar-refractivity contribution < 1.29 is 4.79 Å². The first-order valence-corrected chi connectivity index (χ1v) is 9.92. The van der Waals surface area contributed by atoms with Crippen LogP contribution in [0.4, 0.5) is 0 Å². The van der Waals surface area contributed by atoms with E-state index in [-0.39, 0.29) is 5.91 Å². The van der Waals surface area contributed by atoms with Gasteiger partial charge in [0.05, 0.1) is 0 Å². The van der Waals surface area contributed by atoms with Gasteiger partial charge >= 0.3 is 0 Å². The average molecular weight is 372 g/mol. The van der Waals surface area contributed by atoms with Gasteiger partial charge in [-0.1, -0.05) is 30.3 Å². The molecule has 0 saturated carbocycles. The molecule has 2 heterocycles. The molecule has 1 amide bonds. The molecular formula is C19H21N3OS2. The monoisotopic (exact) mass is 371 g/mol. The van der Waals surface area contributed by atoms with E-state index in [1.165, 1.54) is 11.3 Å². The first-order chi connectivity index (χ1) is 12.1. The van der Waals surface area contributed by atoms with Crippen molar-refractivity contribution in [3.8, 4) is 10.6 Å². The van der Waals surface area contributed by atoms with E-state index in [1.807, 2.05) is 66.2 Å². The number of benzene rings is 1. The van der Waals surface area contributed by atoms with E-state index >= 15 is 0 Å². The van der Waals surface area contributed by atoms with Crippen LogP contribution in [0.15, 0.2) is 52.5 Å². The molecule has 0 aliphatic heterocycles. The summed E-state index contributed by atoms with van der Waals surface area (Å²) in [6.07, 6.45) is 0. The van der Waals surface area contributed by atoms with Gasteiger partial charge in [0.25, 0.3) is 5.91 Å². The number of likely N-dealkylation sites (N-methyl/N-ethyl adjacent to an activating group) is 1. The first kappa shape index (κ1) is 17.8. The Bertz CT molecular complexity index is 797. The molecule has 0 atom stereocenters. The van der Waals surface area contributed by atoms with E-state index in [4.69, 9.17) is 0 Å². The molecule has 6 heteroatoms. The normalized spacial score (nSPS) is 11.0. The Kier molecular flexibility index (Phi) is 5.96. The molecule has 0 saturated heterocycles. The number of thiophene rings is 1. The third-order valence-corrected chi connectivity index (χ3v) is 5.39. The summed E-state index contributed by atoms with van der Waals surface area (Å²) in [6, 6.07) is 12.1. The van der Waals surface area contributed by atoms with Gasteiger partial charge in [0, 0.05) is 36.0 Å². The SMILES string of the molecule is CN(C)CCN(Cc1ccccc1)C(=O)c1csc(-c2ccsc2)n1. The molecule has 0 spiro atoms. The van der Waals surface area contributed by atoms with Gasteiger partial charge in [-0.25, -0.2) is 4.98 Å². The molecule has 0 aliphatic rings. The molecule has 25 heavy (non-hydrogen) atoms. The maximum Gasteiger partial charge on any atom is 0.273 e. The van der Waals surface area contributed by atoms with Gasteiger partial charge in [0.15, 0.2) is 0 Å². The fraction of sp³-hybridized carbons (Fsp3) is 0.263. The van der Waals surface area contributed by atoms with Crippen molar-refractivity contribution in [2.24, 2.45) is 0 Å². The number of nitrogens with zero attached hydrogens (tertiary/aromatic N) is 3. The van der Waals surface area contributed by atoms with Crippen LogP contribution in [0.25, 0.3) is 10.6 Å². The highest BCUT2D eigenvalue weighted by molar-refractivity contribution is 7.14. The summed E-state index contributed by atoms with van der Waals surface area (Å²) in [5.74, 6) is -0.0107. The summed E-state index contributed by atoms with van der Waals surface area (Å²) in [7, 11) is 4.03. The first-order valence-electron chi connectivity index (χ1n) is 8.09. The standard InChI is InChI=1S/C19H21N3OS2/c1-21(2)9-10-22(12-15-6-4-3-5-7-15)19(23)17-14-25-18(20-17)16-8-11-24-13-16/h3-8,11,13-14H,9-10,12H2,1-2H3. The van der Waals surface area contributed by atoms with Crippen molar-refractivity contribution in [1.29, 1.82) is 0 Å². The second-order valence-corrected chi connectivity index (χ2v) is 7.70. The van der Waals surface area contributed by atoms with Gasteiger partial charge in [0.2, 0.25) is 0 Å². The molecule has 0 bridgehead atoms. The maximum absolute atomic E-state index is 13.0. The molecule has 2 aromatic heterocycles. The zero-order chi connectivity index (χ0) is 17.6. The van der Waals surface area contributed by atoms with Crippen LogP contribution in [0.3, 0.4) is 0 Å². The van der Waals surface area contributed by atoms with Crippen LogP contribution in [0.5, 0.6) is 0 Å². The number of thiazole rings is 1. The summed E-state index contributed by atoms with van der Waals surface area (Å²) >= 11 is 3.16. The van der Waals surface area contributed by atoms with Crippen LogP contribution in [0.1, 0.15) is 16.1 Å². The number of hydrogen-bond acceptors (Lipinski definition) is 5. The predicted octanol–water partition coefficient (Wildman–Crippen LogP) is 4.08. The Morgan fingerprint density at radius 3 is 2.56 bits per heavy atom. The highest BCUT2D eigenvalue weighted by Gasteiger charge is 2.19. The Morgan fingerprint density at radius 1 is 1.08 bits per heavy atom. The summed E-state index contributed by atoms with van der Waals surface area (Å²) in [4.78, 5) is 21.5. The minimum absolute atomic E-state index is 0.0107. The fourth-order valence-electron chi connectivity index (χ4n) is 2.43. The number of rotatable bonds is 7. The zero-order valence-electron chi connectivity index (χ0n) is 14.4. The Balaban J connectivity index is 1.78. The van der Waals surface area contributed by atoms with Crippen LogP contribution in [-0.4, -0.2) is 47.9 Å².